The van der Waals surface area contributed by atoms with E-state index in [2.05, 4.69) is 0 Å². The Bertz CT molecular complexity index is 584. The van der Waals surface area contributed by atoms with Gasteiger partial charge in [-0.3, -0.25) is 0 Å². The Morgan fingerprint density at radius 2 is 1.95 bits per heavy atom. The van der Waals surface area contributed by atoms with E-state index in [0.717, 1.165) is 6.07 Å². The largest absolute Gasteiger partial charge is 0.460 e. The maximum Gasteiger partial charge on any atom is 0.338 e. The van der Waals surface area contributed by atoms with Gasteiger partial charge < -0.3 is 9.47 Å². The van der Waals surface area contributed by atoms with Crippen molar-refractivity contribution >= 4 is 37.3 Å². The first kappa shape index (κ1) is 17.2. The zero-order chi connectivity index (χ0) is 15.3. The average Bonchev–Trinajstić information content (AvgIpc) is 2.33. The fourth-order valence-corrected chi connectivity index (χ4v) is 2.81. The van der Waals surface area contributed by atoms with Crippen molar-refractivity contribution in [3.8, 4) is 0 Å². The maximum absolute atomic E-state index is 11.7. The van der Waals surface area contributed by atoms with Gasteiger partial charge in [-0.05, 0) is 32.0 Å². The van der Waals surface area contributed by atoms with Crippen LogP contribution in [0.2, 0.25) is 5.02 Å². The monoisotopic (exact) mass is 340 g/mol. The van der Waals surface area contributed by atoms with E-state index in [9.17, 15) is 13.2 Å². The lowest BCUT2D eigenvalue weighted by Gasteiger charge is -2.09. The molecule has 0 fully saturated rings. The molecule has 0 aliphatic heterocycles. The minimum absolute atomic E-state index is 0.0391. The number of ether oxygens (including phenoxy) is 2. The van der Waals surface area contributed by atoms with E-state index in [1.54, 1.807) is 0 Å². The van der Waals surface area contributed by atoms with Crippen molar-refractivity contribution in [3.63, 3.8) is 0 Å². The summed E-state index contributed by atoms with van der Waals surface area (Å²) in [6.45, 7) is 4.05. The first-order chi connectivity index (χ1) is 9.21. The number of rotatable bonds is 6. The molecule has 0 N–H and O–H groups in total. The second kappa shape index (κ2) is 7.26. The molecule has 0 aliphatic rings. The van der Waals surface area contributed by atoms with Crippen molar-refractivity contribution in [2.24, 2.45) is 0 Å². The molecule has 0 aliphatic carbocycles. The summed E-state index contributed by atoms with van der Waals surface area (Å²) in [5.74, 6) is -0.671. The molecule has 0 saturated heterocycles. The molecule has 0 saturated carbocycles. The van der Waals surface area contributed by atoms with E-state index >= 15 is 0 Å². The minimum Gasteiger partial charge on any atom is -0.460 e. The van der Waals surface area contributed by atoms with Gasteiger partial charge in [0.1, 0.15) is 11.5 Å². The minimum atomic E-state index is -4.02. The van der Waals surface area contributed by atoms with Crippen LogP contribution in [0.5, 0.6) is 0 Å². The van der Waals surface area contributed by atoms with Crippen LogP contribution in [0, 0.1) is 0 Å². The molecule has 0 amide bonds. The number of hydrogen-bond donors (Lipinski definition) is 0. The summed E-state index contributed by atoms with van der Waals surface area (Å²) in [6, 6.07) is 3.72. The number of hydrogen-bond acceptors (Lipinski definition) is 5. The highest BCUT2D eigenvalue weighted by atomic mass is 35.7. The molecule has 1 aromatic carbocycles. The highest BCUT2D eigenvalue weighted by molar-refractivity contribution is 8.13. The number of carbonyl (C=O) groups is 1. The van der Waals surface area contributed by atoms with Crippen LogP contribution >= 0.6 is 22.3 Å². The molecule has 0 bridgehead atoms. The third-order valence-corrected chi connectivity index (χ3v) is 4.00. The smallest absolute Gasteiger partial charge is 0.338 e. The molecule has 20 heavy (non-hydrogen) atoms. The van der Waals surface area contributed by atoms with Crippen LogP contribution in [0.3, 0.4) is 0 Å². The van der Waals surface area contributed by atoms with Gasteiger partial charge in [0.2, 0.25) is 0 Å². The maximum atomic E-state index is 11.7. The molecule has 8 heteroatoms. The zero-order valence-corrected chi connectivity index (χ0v) is 13.3. The summed E-state index contributed by atoms with van der Waals surface area (Å²) in [5.41, 5.74) is 0.0539. The molecule has 5 nitrogen and oxygen atoms in total. The Kier molecular flexibility index (Phi) is 6.26. The van der Waals surface area contributed by atoms with E-state index in [4.69, 9.17) is 31.8 Å². The lowest BCUT2D eigenvalue weighted by Crippen LogP contribution is -2.13. The fourth-order valence-electron chi connectivity index (χ4n) is 1.32. The Balaban J connectivity index is 2.75. The number of halogens is 2. The summed E-state index contributed by atoms with van der Waals surface area (Å²) in [4.78, 5) is 11.4. The molecule has 0 atom stereocenters. The van der Waals surface area contributed by atoms with Gasteiger partial charge in [0.05, 0.1) is 23.3 Å². The molecular weight excluding hydrogens is 327 g/mol. The van der Waals surface area contributed by atoms with Crippen LogP contribution in [-0.4, -0.2) is 33.7 Å². The lowest BCUT2D eigenvalue weighted by molar-refractivity contribution is 0.0177. The van der Waals surface area contributed by atoms with Gasteiger partial charge in [-0.25, -0.2) is 13.2 Å². The fraction of sp³-hybridized carbons (Fsp3) is 0.417. The van der Waals surface area contributed by atoms with Crippen LogP contribution in [-0.2, 0) is 18.5 Å². The van der Waals surface area contributed by atoms with Crippen molar-refractivity contribution in [3.05, 3.63) is 28.8 Å². The van der Waals surface area contributed by atoms with Crippen LogP contribution in [0.25, 0.3) is 0 Å². The normalized spacial score (nSPS) is 11.7. The van der Waals surface area contributed by atoms with Gasteiger partial charge in [-0.1, -0.05) is 11.6 Å². The lowest BCUT2D eigenvalue weighted by atomic mass is 10.2. The van der Waals surface area contributed by atoms with E-state index < -0.39 is 15.0 Å². The summed E-state index contributed by atoms with van der Waals surface area (Å²) >= 11 is 5.71. The molecule has 0 radical (unpaired) electrons. The van der Waals surface area contributed by atoms with Crippen molar-refractivity contribution in [1.82, 2.24) is 0 Å². The highest BCUT2D eigenvalue weighted by Crippen LogP contribution is 2.25. The molecule has 0 aromatic heterocycles. The van der Waals surface area contributed by atoms with E-state index in [1.165, 1.54) is 12.1 Å². The van der Waals surface area contributed by atoms with Crippen molar-refractivity contribution in [2.45, 2.75) is 24.8 Å². The SMILES string of the molecule is CC(C)OCCOC(=O)c1ccc(Cl)c(S(=O)(=O)Cl)c1. The van der Waals surface area contributed by atoms with Gasteiger partial charge in [0.15, 0.2) is 0 Å². The Labute approximate surface area is 127 Å². The second-order valence-electron chi connectivity index (χ2n) is 4.14. The molecular formula is C12H14Cl2O5S. The Hall–Kier alpha value is -0.820. The Morgan fingerprint density at radius 3 is 2.50 bits per heavy atom. The molecule has 0 unspecified atom stereocenters. The molecule has 112 valence electrons. The van der Waals surface area contributed by atoms with E-state index in [1.807, 2.05) is 13.8 Å². The van der Waals surface area contributed by atoms with Crippen molar-refractivity contribution in [2.75, 3.05) is 13.2 Å². The van der Waals surface area contributed by atoms with Gasteiger partial charge in [0, 0.05) is 10.7 Å². The number of esters is 1. The predicted molar refractivity (Wildman–Crippen MR) is 75.9 cm³/mol. The zero-order valence-electron chi connectivity index (χ0n) is 10.9. The summed E-state index contributed by atoms with van der Waals surface area (Å²) < 4.78 is 32.7. The summed E-state index contributed by atoms with van der Waals surface area (Å²) in [5, 5.41) is -0.0558. The van der Waals surface area contributed by atoms with Crippen LogP contribution in [0.1, 0.15) is 24.2 Å². The summed E-state index contributed by atoms with van der Waals surface area (Å²) in [6.07, 6.45) is 0.0391. The van der Waals surface area contributed by atoms with Gasteiger partial charge in [-0.2, -0.15) is 0 Å². The van der Waals surface area contributed by atoms with Crippen LogP contribution in [0.4, 0.5) is 0 Å². The molecule has 0 spiro atoms. The third-order valence-electron chi connectivity index (χ3n) is 2.20. The topological polar surface area (TPSA) is 69.7 Å². The van der Waals surface area contributed by atoms with Gasteiger partial charge >= 0.3 is 5.97 Å². The number of carbonyl (C=O) groups excluding carboxylic acids is 1. The standard InChI is InChI=1S/C12H14Cl2O5S/c1-8(2)18-5-6-19-12(15)9-3-4-10(13)11(7-9)20(14,16)17/h3-4,7-8H,5-6H2,1-2H3. The molecule has 1 aromatic rings. The average molecular weight is 341 g/mol. The predicted octanol–water partition coefficient (Wildman–Crippen LogP) is 2.85. The van der Waals surface area contributed by atoms with Gasteiger partial charge in [0.25, 0.3) is 9.05 Å². The van der Waals surface area contributed by atoms with E-state index in [-0.39, 0.29) is 34.8 Å². The second-order valence-corrected chi connectivity index (χ2v) is 7.08. The van der Waals surface area contributed by atoms with Crippen LogP contribution in [0.15, 0.2) is 23.1 Å². The van der Waals surface area contributed by atoms with Crippen molar-refractivity contribution in [1.29, 1.82) is 0 Å². The highest BCUT2D eigenvalue weighted by Gasteiger charge is 2.18. The van der Waals surface area contributed by atoms with E-state index in [0.29, 0.717) is 0 Å². The third kappa shape index (κ3) is 5.28. The quantitative estimate of drug-likeness (QED) is 0.452. The van der Waals surface area contributed by atoms with Crippen LogP contribution < -0.4 is 0 Å². The molecule has 1 rings (SSSR count). The number of benzene rings is 1. The van der Waals surface area contributed by atoms with Crippen molar-refractivity contribution < 1.29 is 22.7 Å². The molecule has 0 heterocycles. The summed E-state index contributed by atoms with van der Waals surface area (Å²) in [7, 11) is 1.20. The Morgan fingerprint density at radius 1 is 1.30 bits per heavy atom. The first-order valence-corrected chi connectivity index (χ1v) is 8.43. The first-order valence-electron chi connectivity index (χ1n) is 5.74. The van der Waals surface area contributed by atoms with Gasteiger partial charge in [-0.15, -0.1) is 0 Å².